The Labute approximate surface area is 183 Å². The third-order valence-electron chi connectivity index (χ3n) is 4.21. The fourth-order valence-electron chi connectivity index (χ4n) is 2.75. The first-order chi connectivity index (χ1) is 13.5. The number of ether oxygens (including phenoxy) is 2. The fourth-order valence-corrected chi connectivity index (χ4v) is 3.51. The van der Waals surface area contributed by atoms with Gasteiger partial charge in [0.05, 0.1) is 17.2 Å². The summed E-state index contributed by atoms with van der Waals surface area (Å²) in [5, 5.41) is 4.38. The first-order valence-electron chi connectivity index (χ1n) is 8.70. The van der Waals surface area contributed by atoms with Crippen LogP contribution in [-0.2, 0) is 13.2 Å². The SMILES string of the molecule is COc1cc(CNc2ccc(Cl)c(Cl)c2)c(Br)cc1OCc1cccc(C)c1. The zero-order chi connectivity index (χ0) is 20.1. The second-order valence-corrected chi connectivity index (χ2v) is 8.02. The van der Waals surface area contributed by atoms with Crippen molar-refractivity contribution >= 4 is 44.8 Å². The quantitative estimate of drug-likeness (QED) is 0.385. The number of hydrogen-bond donors (Lipinski definition) is 1. The monoisotopic (exact) mass is 479 g/mol. The van der Waals surface area contributed by atoms with Crippen LogP contribution in [0.25, 0.3) is 0 Å². The van der Waals surface area contributed by atoms with Gasteiger partial charge in [-0.25, -0.2) is 0 Å². The molecular formula is C22H20BrCl2NO2. The van der Waals surface area contributed by atoms with Gasteiger partial charge in [0.2, 0.25) is 0 Å². The number of hydrogen-bond acceptors (Lipinski definition) is 3. The molecule has 0 unspecified atom stereocenters. The van der Waals surface area contributed by atoms with Gasteiger partial charge < -0.3 is 14.8 Å². The van der Waals surface area contributed by atoms with E-state index in [0.29, 0.717) is 34.7 Å². The molecule has 0 aliphatic rings. The van der Waals surface area contributed by atoms with E-state index in [9.17, 15) is 0 Å². The number of nitrogens with one attached hydrogen (secondary N) is 1. The zero-order valence-corrected chi connectivity index (χ0v) is 18.7. The zero-order valence-electron chi connectivity index (χ0n) is 15.6. The van der Waals surface area contributed by atoms with Crippen molar-refractivity contribution in [3.05, 3.63) is 85.8 Å². The van der Waals surface area contributed by atoms with Gasteiger partial charge in [-0.3, -0.25) is 0 Å². The summed E-state index contributed by atoms with van der Waals surface area (Å²) in [4.78, 5) is 0. The van der Waals surface area contributed by atoms with Crippen molar-refractivity contribution in [2.24, 2.45) is 0 Å². The first kappa shape index (κ1) is 20.8. The average Bonchev–Trinajstić information content (AvgIpc) is 2.68. The van der Waals surface area contributed by atoms with Crippen LogP contribution in [-0.4, -0.2) is 7.11 Å². The van der Waals surface area contributed by atoms with Gasteiger partial charge in [-0.1, -0.05) is 69.0 Å². The van der Waals surface area contributed by atoms with E-state index < -0.39 is 0 Å². The Hall–Kier alpha value is -1.88. The van der Waals surface area contributed by atoms with Crippen molar-refractivity contribution in [2.75, 3.05) is 12.4 Å². The Kier molecular flexibility index (Phi) is 7.11. The van der Waals surface area contributed by atoms with E-state index in [0.717, 1.165) is 21.3 Å². The summed E-state index contributed by atoms with van der Waals surface area (Å²) in [7, 11) is 1.64. The van der Waals surface area contributed by atoms with Crippen LogP contribution >= 0.6 is 39.1 Å². The highest BCUT2D eigenvalue weighted by Crippen LogP contribution is 2.35. The van der Waals surface area contributed by atoms with Gasteiger partial charge in [0.1, 0.15) is 6.61 Å². The van der Waals surface area contributed by atoms with Crippen molar-refractivity contribution in [3.63, 3.8) is 0 Å². The topological polar surface area (TPSA) is 30.5 Å². The molecule has 3 nitrogen and oxygen atoms in total. The Balaban J connectivity index is 1.72. The molecule has 3 aromatic carbocycles. The predicted molar refractivity (Wildman–Crippen MR) is 120 cm³/mol. The molecule has 0 aliphatic carbocycles. The number of methoxy groups -OCH3 is 1. The summed E-state index contributed by atoms with van der Waals surface area (Å²) < 4.78 is 12.4. The van der Waals surface area contributed by atoms with E-state index in [4.69, 9.17) is 32.7 Å². The highest BCUT2D eigenvalue weighted by atomic mass is 79.9. The molecule has 0 atom stereocenters. The van der Waals surface area contributed by atoms with Crippen molar-refractivity contribution in [3.8, 4) is 11.5 Å². The number of anilines is 1. The Morgan fingerprint density at radius 3 is 2.50 bits per heavy atom. The van der Waals surface area contributed by atoms with Crippen molar-refractivity contribution in [1.29, 1.82) is 0 Å². The number of halogens is 3. The molecule has 3 rings (SSSR count). The minimum atomic E-state index is 0.478. The first-order valence-corrected chi connectivity index (χ1v) is 10.2. The van der Waals surface area contributed by atoms with E-state index in [1.54, 1.807) is 19.2 Å². The van der Waals surface area contributed by atoms with Gasteiger partial charge in [0.15, 0.2) is 11.5 Å². The summed E-state index contributed by atoms with van der Waals surface area (Å²) in [5.74, 6) is 1.37. The minimum Gasteiger partial charge on any atom is -0.493 e. The highest BCUT2D eigenvalue weighted by Gasteiger charge is 2.11. The molecular weight excluding hydrogens is 461 g/mol. The molecule has 1 N–H and O–H groups in total. The van der Waals surface area contributed by atoms with E-state index in [1.807, 2.05) is 30.3 Å². The van der Waals surface area contributed by atoms with Crippen LogP contribution in [0.5, 0.6) is 11.5 Å². The second kappa shape index (κ2) is 9.55. The molecule has 28 heavy (non-hydrogen) atoms. The number of rotatable bonds is 7. The fraction of sp³-hybridized carbons (Fsp3) is 0.182. The molecule has 0 aromatic heterocycles. The molecule has 6 heteroatoms. The lowest BCUT2D eigenvalue weighted by Crippen LogP contribution is -2.03. The molecule has 0 radical (unpaired) electrons. The van der Waals surface area contributed by atoms with Crippen molar-refractivity contribution in [1.82, 2.24) is 0 Å². The van der Waals surface area contributed by atoms with Crippen molar-refractivity contribution in [2.45, 2.75) is 20.1 Å². The van der Waals surface area contributed by atoms with Gasteiger partial charge >= 0.3 is 0 Å². The van der Waals surface area contributed by atoms with Crippen LogP contribution in [0, 0.1) is 6.92 Å². The molecule has 3 aromatic rings. The summed E-state index contributed by atoms with van der Waals surface area (Å²) in [6.45, 7) is 3.13. The van der Waals surface area contributed by atoms with E-state index in [-0.39, 0.29) is 0 Å². The molecule has 0 fully saturated rings. The predicted octanol–water partition coefficient (Wildman–Crippen LogP) is 7.26. The lowest BCUT2D eigenvalue weighted by molar-refractivity contribution is 0.284. The Morgan fingerprint density at radius 2 is 1.79 bits per heavy atom. The maximum absolute atomic E-state index is 6.07. The van der Waals surface area contributed by atoms with Crippen LogP contribution in [0.4, 0.5) is 5.69 Å². The normalized spacial score (nSPS) is 10.6. The van der Waals surface area contributed by atoms with Crippen LogP contribution < -0.4 is 14.8 Å². The maximum atomic E-state index is 6.07. The van der Waals surface area contributed by atoms with Crippen molar-refractivity contribution < 1.29 is 9.47 Å². The second-order valence-electron chi connectivity index (χ2n) is 6.35. The van der Waals surface area contributed by atoms with E-state index in [1.165, 1.54) is 5.56 Å². The summed E-state index contributed by atoms with van der Waals surface area (Å²) >= 11 is 15.7. The van der Waals surface area contributed by atoms with E-state index in [2.05, 4.69) is 40.3 Å². The standard InChI is InChI=1S/C22H20BrCl2NO2/c1-14-4-3-5-15(8-14)13-28-22-11-18(23)16(9-21(22)27-2)12-26-17-6-7-19(24)20(25)10-17/h3-11,26H,12-13H2,1-2H3. The molecule has 0 spiro atoms. The lowest BCUT2D eigenvalue weighted by Gasteiger charge is -2.15. The molecule has 0 heterocycles. The largest absolute Gasteiger partial charge is 0.493 e. The third kappa shape index (κ3) is 5.34. The molecule has 0 saturated heterocycles. The molecule has 0 bridgehead atoms. The van der Waals surface area contributed by atoms with Gasteiger partial charge in [-0.2, -0.15) is 0 Å². The van der Waals surface area contributed by atoms with Crippen LogP contribution in [0.1, 0.15) is 16.7 Å². The number of aryl methyl sites for hydroxylation is 1. The summed E-state index contributed by atoms with van der Waals surface area (Å²) in [6.07, 6.45) is 0. The maximum Gasteiger partial charge on any atom is 0.162 e. The van der Waals surface area contributed by atoms with Crippen LogP contribution in [0.15, 0.2) is 59.1 Å². The Morgan fingerprint density at radius 1 is 0.964 bits per heavy atom. The smallest absolute Gasteiger partial charge is 0.162 e. The van der Waals surface area contributed by atoms with Gasteiger partial charge in [0, 0.05) is 16.7 Å². The number of benzene rings is 3. The highest BCUT2D eigenvalue weighted by molar-refractivity contribution is 9.10. The van der Waals surface area contributed by atoms with Crippen LogP contribution in [0.3, 0.4) is 0 Å². The molecule has 0 aliphatic heterocycles. The van der Waals surface area contributed by atoms with Crippen LogP contribution in [0.2, 0.25) is 10.0 Å². The summed E-state index contributed by atoms with van der Waals surface area (Å²) in [5.41, 5.74) is 4.24. The molecule has 0 saturated carbocycles. The van der Waals surface area contributed by atoms with Gasteiger partial charge in [-0.15, -0.1) is 0 Å². The minimum absolute atomic E-state index is 0.478. The summed E-state index contributed by atoms with van der Waals surface area (Å²) in [6, 6.07) is 17.6. The lowest BCUT2D eigenvalue weighted by atomic mass is 10.1. The molecule has 146 valence electrons. The Bertz CT molecular complexity index is 979. The molecule has 0 amide bonds. The van der Waals surface area contributed by atoms with Gasteiger partial charge in [0.25, 0.3) is 0 Å². The third-order valence-corrected chi connectivity index (χ3v) is 5.69. The average molecular weight is 481 g/mol. The van der Waals surface area contributed by atoms with Gasteiger partial charge in [-0.05, 0) is 48.4 Å². The van der Waals surface area contributed by atoms with E-state index >= 15 is 0 Å².